The van der Waals surface area contributed by atoms with E-state index in [1.54, 1.807) is 0 Å². The van der Waals surface area contributed by atoms with Crippen molar-refractivity contribution in [1.82, 2.24) is 4.90 Å². The van der Waals surface area contributed by atoms with Crippen LogP contribution in [0.2, 0.25) is 0 Å². The number of likely N-dealkylation sites (N-methyl/N-ethyl adjacent to an activating group) is 1. The molecule has 0 saturated carbocycles. The number of nitrogens with one attached hydrogen (secondary N) is 1. The van der Waals surface area contributed by atoms with Gasteiger partial charge in [0.15, 0.2) is 0 Å². The molecule has 3 heteroatoms. The van der Waals surface area contributed by atoms with Crippen molar-refractivity contribution < 1.29 is 0 Å². The number of nitrogens with zero attached hydrogens (tertiary/aromatic N) is 1. The van der Waals surface area contributed by atoms with Crippen LogP contribution in [-0.4, -0.2) is 31.6 Å². The number of benzene rings is 1. The fraction of sp³-hybridized carbons (Fsp3) is 0.500. The Kier molecular flexibility index (Phi) is 2.57. The molecule has 2 rings (SSSR count). The van der Waals surface area contributed by atoms with Gasteiger partial charge in [-0.25, -0.2) is 0 Å². The van der Waals surface area contributed by atoms with E-state index in [1.165, 1.54) is 5.56 Å². The zero-order valence-corrected chi connectivity index (χ0v) is 9.62. The van der Waals surface area contributed by atoms with E-state index in [4.69, 9.17) is 5.73 Å². The van der Waals surface area contributed by atoms with Gasteiger partial charge in [-0.3, -0.25) is 0 Å². The van der Waals surface area contributed by atoms with Crippen LogP contribution in [0, 0.1) is 0 Å². The lowest BCUT2D eigenvalue weighted by atomic mass is 9.87. The fourth-order valence-corrected chi connectivity index (χ4v) is 2.39. The second-order valence-corrected chi connectivity index (χ2v) is 4.51. The standard InChI is InChI=1S/C12H19N3/c1-8-9-5-4-6-10(13)12(9)14-7-11(8)15(2)3/h4-6,8,11,14H,7,13H2,1-3H3. The number of nitrogen functional groups attached to an aromatic ring is 1. The van der Waals surface area contributed by atoms with Crippen molar-refractivity contribution in [1.29, 1.82) is 0 Å². The fourth-order valence-electron chi connectivity index (χ4n) is 2.39. The minimum atomic E-state index is 0.528. The van der Waals surface area contributed by atoms with E-state index in [-0.39, 0.29) is 0 Å². The Morgan fingerprint density at radius 2 is 2.13 bits per heavy atom. The number of hydrogen-bond acceptors (Lipinski definition) is 3. The van der Waals surface area contributed by atoms with Crippen LogP contribution in [0.4, 0.5) is 11.4 Å². The van der Waals surface area contributed by atoms with E-state index in [9.17, 15) is 0 Å². The molecule has 3 nitrogen and oxygen atoms in total. The summed E-state index contributed by atoms with van der Waals surface area (Å²) in [5, 5.41) is 3.43. The third-order valence-corrected chi connectivity index (χ3v) is 3.35. The molecule has 82 valence electrons. The monoisotopic (exact) mass is 205 g/mol. The second kappa shape index (κ2) is 3.74. The van der Waals surface area contributed by atoms with E-state index in [0.29, 0.717) is 12.0 Å². The highest BCUT2D eigenvalue weighted by Gasteiger charge is 2.28. The van der Waals surface area contributed by atoms with E-state index < -0.39 is 0 Å². The second-order valence-electron chi connectivity index (χ2n) is 4.51. The van der Waals surface area contributed by atoms with Gasteiger partial charge in [-0.15, -0.1) is 0 Å². The van der Waals surface area contributed by atoms with Crippen LogP contribution in [-0.2, 0) is 0 Å². The molecule has 0 aliphatic carbocycles. The maximum absolute atomic E-state index is 5.95. The lowest BCUT2D eigenvalue weighted by molar-refractivity contribution is 0.267. The molecule has 1 aromatic rings. The summed E-state index contributed by atoms with van der Waals surface area (Å²) in [5.41, 5.74) is 9.27. The molecule has 0 fully saturated rings. The number of nitrogens with two attached hydrogens (primary N) is 1. The number of para-hydroxylation sites is 1. The molecule has 15 heavy (non-hydrogen) atoms. The van der Waals surface area contributed by atoms with Gasteiger partial charge in [0, 0.05) is 18.5 Å². The van der Waals surface area contributed by atoms with Crippen molar-refractivity contribution in [3.05, 3.63) is 23.8 Å². The van der Waals surface area contributed by atoms with Gasteiger partial charge in [0.2, 0.25) is 0 Å². The molecule has 1 heterocycles. The summed E-state index contributed by atoms with van der Waals surface area (Å²) in [7, 11) is 4.25. The van der Waals surface area contributed by atoms with E-state index in [0.717, 1.165) is 17.9 Å². The Bertz CT molecular complexity index is 360. The first-order valence-corrected chi connectivity index (χ1v) is 5.40. The molecule has 0 radical (unpaired) electrons. The Hall–Kier alpha value is -1.22. The van der Waals surface area contributed by atoms with Crippen LogP contribution in [0.1, 0.15) is 18.4 Å². The summed E-state index contributed by atoms with van der Waals surface area (Å²) in [6.45, 7) is 3.24. The maximum atomic E-state index is 5.95. The zero-order valence-electron chi connectivity index (χ0n) is 9.62. The predicted octanol–water partition coefficient (Wildman–Crippen LogP) is 1.73. The van der Waals surface area contributed by atoms with Crippen molar-refractivity contribution >= 4 is 11.4 Å². The lowest BCUT2D eigenvalue weighted by Crippen LogP contribution is -2.42. The van der Waals surface area contributed by atoms with Gasteiger partial charge in [0.25, 0.3) is 0 Å². The van der Waals surface area contributed by atoms with Crippen LogP contribution < -0.4 is 11.1 Å². The largest absolute Gasteiger partial charge is 0.397 e. The van der Waals surface area contributed by atoms with Crippen molar-refractivity contribution in [2.24, 2.45) is 0 Å². The van der Waals surface area contributed by atoms with Crippen molar-refractivity contribution in [3.63, 3.8) is 0 Å². The van der Waals surface area contributed by atoms with Crippen molar-refractivity contribution in [2.45, 2.75) is 18.9 Å². The molecule has 3 N–H and O–H groups in total. The van der Waals surface area contributed by atoms with Crippen LogP contribution in [0.5, 0.6) is 0 Å². The Labute approximate surface area is 91.3 Å². The van der Waals surface area contributed by atoms with Gasteiger partial charge >= 0.3 is 0 Å². The molecule has 1 aromatic carbocycles. The molecular formula is C12H19N3. The van der Waals surface area contributed by atoms with Gasteiger partial charge in [-0.2, -0.15) is 0 Å². The van der Waals surface area contributed by atoms with Gasteiger partial charge in [0.1, 0.15) is 0 Å². The molecule has 2 atom stereocenters. The zero-order chi connectivity index (χ0) is 11.0. The summed E-state index contributed by atoms with van der Waals surface area (Å²) in [6.07, 6.45) is 0. The molecule has 0 saturated heterocycles. The normalized spacial score (nSPS) is 24.8. The summed E-state index contributed by atoms with van der Waals surface area (Å²) >= 11 is 0. The van der Waals surface area contributed by atoms with Crippen molar-refractivity contribution in [3.8, 4) is 0 Å². The smallest absolute Gasteiger partial charge is 0.0610 e. The molecule has 1 aliphatic rings. The van der Waals surface area contributed by atoms with Gasteiger partial charge in [-0.1, -0.05) is 19.1 Å². The first-order chi connectivity index (χ1) is 7.11. The van der Waals surface area contributed by atoms with Crippen LogP contribution in [0.25, 0.3) is 0 Å². The summed E-state index contributed by atoms with van der Waals surface area (Å²) < 4.78 is 0. The van der Waals surface area contributed by atoms with Crippen LogP contribution in [0.15, 0.2) is 18.2 Å². The first-order valence-electron chi connectivity index (χ1n) is 5.40. The highest BCUT2D eigenvalue weighted by Crippen LogP contribution is 2.36. The minimum absolute atomic E-state index is 0.528. The molecular weight excluding hydrogens is 186 g/mol. The predicted molar refractivity (Wildman–Crippen MR) is 65.2 cm³/mol. The molecule has 0 amide bonds. The van der Waals surface area contributed by atoms with E-state index >= 15 is 0 Å². The lowest BCUT2D eigenvalue weighted by Gasteiger charge is -2.36. The van der Waals surface area contributed by atoms with Gasteiger partial charge in [0.05, 0.1) is 11.4 Å². The first kappa shape index (κ1) is 10.3. The molecule has 2 unspecified atom stereocenters. The minimum Gasteiger partial charge on any atom is -0.397 e. The molecule has 1 aliphatic heterocycles. The summed E-state index contributed by atoms with van der Waals surface area (Å²) in [5.74, 6) is 0.528. The Morgan fingerprint density at radius 3 is 2.80 bits per heavy atom. The Morgan fingerprint density at radius 1 is 1.40 bits per heavy atom. The summed E-state index contributed by atoms with van der Waals surface area (Å²) in [4.78, 5) is 2.27. The van der Waals surface area contributed by atoms with Crippen LogP contribution in [0.3, 0.4) is 0 Å². The highest BCUT2D eigenvalue weighted by molar-refractivity contribution is 5.72. The highest BCUT2D eigenvalue weighted by atomic mass is 15.1. The molecule has 0 aromatic heterocycles. The average Bonchev–Trinajstić information content (AvgIpc) is 2.19. The number of hydrogen-bond donors (Lipinski definition) is 2. The van der Waals surface area contributed by atoms with Gasteiger partial charge < -0.3 is 16.0 Å². The molecule has 0 bridgehead atoms. The van der Waals surface area contributed by atoms with E-state index in [1.807, 2.05) is 12.1 Å². The SMILES string of the molecule is CC1c2cccc(N)c2NCC1N(C)C. The third kappa shape index (κ3) is 1.67. The quantitative estimate of drug-likeness (QED) is 0.686. The van der Waals surface area contributed by atoms with E-state index in [2.05, 4.69) is 37.3 Å². The van der Waals surface area contributed by atoms with Crippen LogP contribution >= 0.6 is 0 Å². The number of anilines is 2. The topological polar surface area (TPSA) is 41.3 Å². The van der Waals surface area contributed by atoms with Crippen molar-refractivity contribution in [2.75, 3.05) is 31.7 Å². The summed E-state index contributed by atoms with van der Waals surface area (Å²) in [6, 6.07) is 6.69. The maximum Gasteiger partial charge on any atom is 0.0610 e. The number of fused-ring (bicyclic) bond motifs is 1. The Balaban J connectivity index is 2.38. The third-order valence-electron chi connectivity index (χ3n) is 3.35. The molecule has 0 spiro atoms. The average molecular weight is 205 g/mol. The number of rotatable bonds is 1. The van der Waals surface area contributed by atoms with Gasteiger partial charge in [-0.05, 0) is 25.7 Å².